The normalized spacial score (nSPS) is 25.7. The summed E-state index contributed by atoms with van der Waals surface area (Å²) in [5.41, 5.74) is 0. The van der Waals surface area contributed by atoms with Gasteiger partial charge in [-0.1, -0.05) is 12.8 Å². The van der Waals surface area contributed by atoms with Gasteiger partial charge in [0.25, 0.3) is 0 Å². The highest BCUT2D eigenvalue weighted by Crippen LogP contribution is 2.36. The van der Waals surface area contributed by atoms with Crippen LogP contribution >= 0.6 is 0 Å². The van der Waals surface area contributed by atoms with Crippen molar-refractivity contribution in [3.63, 3.8) is 0 Å². The first kappa shape index (κ1) is 16.5. The van der Waals surface area contributed by atoms with Crippen molar-refractivity contribution in [1.82, 2.24) is 4.31 Å². The van der Waals surface area contributed by atoms with Crippen LogP contribution in [0.25, 0.3) is 0 Å². The van der Waals surface area contributed by atoms with E-state index in [1.54, 1.807) is 16.4 Å². The van der Waals surface area contributed by atoms with Crippen molar-refractivity contribution in [3.8, 4) is 11.5 Å². The zero-order valence-electron chi connectivity index (χ0n) is 13.5. The summed E-state index contributed by atoms with van der Waals surface area (Å²) < 4.78 is 44.3. The monoisotopic (exact) mass is 341 g/mol. The summed E-state index contributed by atoms with van der Waals surface area (Å²) in [7, 11) is -0.666. The van der Waals surface area contributed by atoms with E-state index in [4.69, 9.17) is 14.2 Å². The number of morpholine rings is 1. The molecule has 0 unspecified atom stereocenters. The molecule has 1 heterocycles. The van der Waals surface area contributed by atoms with Gasteiger partial charge in [-0.2, -0.15) is 4.31 Å². The summed E-state index contributed by atoms with van der Waals surface area (Å²) in [4.78, 5) is 0.158. The Morgan fingerprint density at radius 1 is 1.17 bits per heavy atom. The van der Waals surface area contributed by atoms with E-state index >= 15 is 0 Å². The van der Waals surface area contributed by atoms with Crippen LogP contribution in [0.5, 0.6) is 11.5 Å². The number of nitrogens with zero attached hydrogens (tertiary/aromatic N) is 1. The number of sulfonamides is 1. The zero-order valence-corrected chi connectivity index (χ0v) is 14.3. The second kappa shape index (κ2) is 6.67. The van der Waals surface area contributed by atoms with Gasteiger partial charge in [0.15, 0.2) is 0 Å². The molecule has 0 aromatic heterocycles. The molecule has 23 heavy (non-hydrogen) atoms. The maximum atomic E-state index is 13.2. The second-order valence-electron chi connectivity index (χ2n) is 5.89. The third-order valence-electron chi connectivity index (χ3n) is 4.64. The molecule has 2 aliphatic rings. The third kappa shape index (κ3) is 3.05. The fraction of sp³-hybridized carbons (Fsp3) is 0.625. The first-order valence-corrected chi connectivity index (χ1v) is 9.37. The van der Waals surface area contributed by atoms with Crippen molar-refractivity contribution in [3.05, 3.63) is 18.2 Å². The van der Waals surface area contributed by atoms with Crippen LogP contribution in [0.4, 0.5) is 0 Å². The van der Waals surface area contributed by atoms with E-state index in [-0.39, 0.29) is 17.0 Å². The van der Waals surface area contributed by atoms with E-state index in [1.807, 2.05) is 0 Å². The second-order valence-corrected chi connectivity index (χ2v) is 7.75. The molecule has 1 aromatic rings. The SMILES string of the molecule is COc1ccc(OC)c(S(=O)(=O)N2CCO[C@@H]3CCCC[C@H]32)c1. The zero-order chi connectivity index (χ0) is 16.4. The smallest absolute Gasteiger partial charge is 0.247 e. The fourth-order valence-corrected chi connectivity index (χ4v) is 5.31. The molecule has 1 aromatic carbocycles. The van der Waals surface area contributed by atoms with Gasteiger partial charge in [-0.15, -0.1) is 0 Å². The van der Waals surface area contributed by atoms with Crippen molar-refractivity contribution in [2.75, 3.05) is 27.4 Å². The first-order valence-electron chi connectivity index (χ1n) is 7.93. The minimum atomic E-state index is -3.66. The molecule has 0 N–H and O–H groups in total. The number of fused-ring (bicyclic) bond motifs is 1. The molecule has 0 bridgehead atoms. The Labute approximate surface area is 137 Å². The van der Waals surface area contributed by atoms with Gasteiger partial charge in [-0.05, 0) is 25.0 Å². The average Bonchev–Trinajstić information content (AvgIpc) is 2.60. The molecule has 1 saturated carbocycles. The van der Waals surface area contributed by atoms with E-state index < -0.39 is 10.0 Å². The van der Waals surface area contributed by atoms with Gasteiger partial charge in [0.05, 0.1) is 33.0 Å². The lowest BCUT2D eigenvalue weighted by Crippen LogP contribution is -2.54. The van der Waals surface area contributed by atoms with Crippen LogP contribution in [0.1, 0.15) is 25.7 Å². The van der Waals surface area contributed by atoms with Crippen LogP contribution in [-0.4, -0.2) is 52.2 Å². The number of hydrogen-bond donors (Lipinski definition) is 0. The molecular weight excluding hydrogens is 318 g/mol. The number of methoxy groups -OCH3 is 2. The van der Waals surface area contributed by atoms with E-state index in [2.05, 4.69) is 0 Å². The number of rotatable bonds is 4. The molecule has 0 amide bonds. The third-order valence-corrected chi connectivity index (χ3v) is 6.58. The lowest BCUT2D eigenvalue weighted by atomic mass is 9.91. The molecule has 2 atom stereocenters. The Morgan fingerprint density at radius 2 is 1.96 bits per heavy atom. The molecule has 0 spiro atoms. The minimum Gasteiger partial charge on any atom is -0.497 e. The largest absolute Gasteiger partial charge is 0.497 e. The first-order chi connectivity index (χ1) is 11.1. The quantitative estimate of drug-likeness (QED) is 0.838. The molecule has 6 nitrogen and oxygen atoms in total. The minimum absolute atomic E-state index is 0.00359. The number of hydrogen-bond acceptors (Lipinski definition) is 5. The molecule has 128 valence electrons. The summed E-state index contributed by atoms with van der Waals surface area (Å²) in [5.74, 6) is 0.836. The highest BCUT2D eigenvalue weighted by atomic mass is 32.2. The predicted molar refractivity (Wildman–Crippen MR) is 85.4 cm³/mol. The van der Waals surface area contributed by atoms with Crippen LogP contribution in [0.3, 0.4) is 0 Å². The van der Waals surface area contributed by atoms with Crippen LogP contribution < -0.4 is 9.47 Å². The van der Waals surface area contributed by atoms with Crippen molar-refractivity contribution in [2.45, 2.75) is 42.7 Å². The van der Waals surface area contributed by atoms with Gasteiger partial charge in [0.1, 0.15) is 16.4 Å². The molecule has 7 heteroatoms. The molecular formula is C16H23NO5S. The Bertz CT molecular complexity index is 658. The van der Waals surface area contributed by atoms with Gasteiger partial charge < -0.3 is 14.2 Å². The Hall–Kier alpha value is -1.31. The van der Waals surface area contributed by atoms with Crippen LogP contribution in [0.15, 0.2) is 23.1 Å². The van der Waals surface area contributed by atoms with E-state index in [1.165, 1.54) is 20.3 Å². The molecule has 1 saturated heterocycles. The van der Waals surface area contributed by atoms with E-state index in [0.717, 1.165) is 25.7 Å². The topological polar surface area (TPSA) is 65.1 Å². The summed E-state index contributed by atoms with van der Waals surface area (Å²) in [6, 6.07) is 4.77. The van der Waals surface area contributed by atoms with Gasteiger partial charge in [-0.3, -0.25) is 0 Å². The Balaban J connectivity index is 2.00. The Kier molecular flexibility index (Phi) is 4.79. The standard InChI is InChI=1S/C16H23NO5S/c1-20-12-7-8-15(21-2)16(11-12)23(18,19)17-9-10-22-14-6-4-3-5-13(14)17/h7-8,11,13-14H,3-6,9-10H2,1-2H3/t13-,14-/m1/s1. The van der Waals surface area contributed by atoms with Crippen LogP contribution in [0.2, 0.25) is 0 Å². The molecule has 0 radical (unpaired) electrons. The molecule has 2 fully saturated rings. The summed E-state index contributed by atoms with van der Waals surface area (Å²) >= 11 is 0. The Morgan fingerprint density at radius 3 is 2.70 bits per heavy atom. The van der Waals surface area contributed by atoms with Crippen molar-refractivity contribution in [1.29, 1.82) is 0 Å². The molecule has 1 aliphatic carbocycles. The van der Waals surface area contributed by atoms with Gasteiger partial charge in [0.2, 0.25) is 10.0 Å². The van der Waals surface area contributed by atoms with Crippen molar-refractivity contribution in [2.24, 2.45) is 0 Å². The lowest BCUT2D eigenvalue weighted by Gasteiger charge is -2.42. The summed E-state index contributed by atoms with van der Waals surface area (Å²) in [6.45, 7) is 0.816. The summed E-state index contributed by atoms with van der Waals surface area (Å²) in [5, 5.41) is 0. The maximum absolute atomic E-state index is 13.2. The van der Waals surface area contributed by atoms with Gasteiger partial charge in [0, 0.05) is 12.6 Å². The van der Waals surface area contributed by atoms with Gasteiger partial charge >= 0.3 is 0 Å². The lowest BCUT2D eigenvalue weighted by molar-refractivity contribution is -0.0586. The highest BCUT2D eigenvalue weighted by molar-refractivity contribution is 7.89. The summed E-state index contributed by atoms with van der Waals surface area (Å²) in [6.07, 6.45) is 3.90. The van der Waals surface area contributed by atoms with Crippen molar-refractivity contribution < 1.29 is 22.6 Å². The fourth-order valence-electron chi connectivity index (χ4n) is 3.47. The number of benzene rings is 1. The maximum Gasteiger partial charge on any atom is 0.247 e. The number of ether oxygens (including phenoxy) is 3. The van der Waals surface area contributed by atoms with Gasteiger partial charge in [-0.25, -0.2) is 8.42 Å². The molecule has 1 aliphatic heterocycles. The predicted octanol–water partition coefficient (Wildman–Crippen LogP) is 2.04. The van der Waals surface area contributed by atoms with E-state index in [9.17, 15) is 8.42 Å². The molecule has 3 rings (SSSR count). The van der Waals surface area contributed by atoms with Crippen molar-refractivity contribution >= 4 is 10.0 Å². The average molecular weight is 341 g/mol. The van der Waals surface area contributed by atoms with E-state index in [0.29, 0.717) is 24.7 Å². The highest BCUT2D eigenvalue weighted by Gasteiger charge is 2.41. The van der Waals surface area contributed by atoms with Crippen LogP contribution in [0, 0.1) is 0 Å². The van der Waals surface area contributed by atoms with Crippen LogP contribution in [-0.2, 0) is 14.8 Å².